The molecule has 0 radical (unpaired) electrons. The van der Waals surface area contributed by atoms with Gasteiger partial charge in [0.05, 0.1) is 12.7 Å². The molecule has 0 bridgehead atoms. The maximum Gasteiger partial charge on any atom is 0.240 e. The molecule has 3 atom stereocenters. The number of aryl methyl sites for hydroxylation is 1. The molecule has 0 unspecified atom stereocenters. The van der Waals surface area contributed by atoms with Crippen molar-refractivity contribution in [3.05, 3.63) is 29.7 Å². The molecule has 144 valence electrons. The molecule has 0 aliphatic carbocycles. The summed E-state index contributed by atoms with van der Waals surface area (Å²) in [5, 5.41) is 8.37. The fourth-order valence-corrected chi connectivity index (χ4v) is 3.87. The van der Waals surface area contributed by atoms with E-state index in [9.17, 15) is 0 Å². The highest BCUT2D eigenvalue weighted by atomic mass is 16.5. The SMILES string of the molecule is CO[C@@H](C)c1noc(CN(C)C[C@@H]2CCCN(C)[C@H]2c2cnn(C)c2)n1. The number of nitrogens with zero attached hydrogens (tertiary/aromatic N) is 6. The van der Waals surface area contributed by atoms with Gasteiger partial charge in [0.15, 0.2) is 5.82 Å². The molecule has 0 amide bonds. The van der Waals surface area contributed by atoms with Gasteiger partial charge in [0.25, 0.3) is 0 Å². The van der Waals surface area contributed by atoms with Crippen molar-refractivity contribution < 1.29 is 9.26 Å². The van der Waals surface area contributed by atoms with Crippen LogP contribution in [0, 0.1) is 5.92 Å². The minimum absolute atomic E-state index is 0.153. The van der Waals surface area contributed by atoms with E-state index in [-0.39, 0.29) is 6.10 Å². The molecule has 1 fully saturated rings. The quantitative estimate of drug-likeness (QED) is 0.746. The van der Waals surface area contributed by atoms with Crippen molar-refractivity contribution in [3.63, 3.8) is 0 Å². The monoisotopic (exact) mass is 362 g/mol. The van der Waals surface area contributed by atoms with Crippen LogP contribution in [-0.4, -0.2) is 64.0 Å². The molecule has 8 nitrogen and oxygen atoms in total. The first kappa shape index (κ1) is 19.0. The molecule has 2 aromatic rings. The fourth-order valence-electron chi connectivity index (χ4n) is 3.87. The Labute approximate surface area is 155 Å². The Balaban J connectivity index is 1.64. The highest BCUT2D eigenvalue weighted by Gasteiger charge is 2.32. The van der Waals surface area contributed by atoms with E-state index in [1.807, 2.05) is 24.9 Å². The smallest absolute Gasteiger partial charge is 0.240 e. The van der Waals surface area contributed by atoms with Crippen LogP contribution in [0.15, 0.2) is 16.9 Å². The van der Waals surface area contributed by atoms with Gasteiger partial charge in [0, 0.05) is 38.5 Å². The number of rotatable bonds is 7. The van der Waals surface area contributed by atoms with Crippen molar-refractivity contribution in [3.8, 4) is 0 Å². The topological polar surface area (TPSA) is 72.5 Å². The zero-order valence-corrected chi connectivity index (χ0v) is 16.4. The summed E-state index contributed by atoms with van der Waals surface area (Å²) >= 11 is 0. The number of hydrogen-bond acceptors (Lipinski definition) is 7. The Morgan fingerprint density at radius 2 is 2.23 bits per heavy atom. The average Bonchev–Trinajstić information content (AvgIpc) is 3.23. The summed E-state index contributed by atoms with van der Waals surface area (Å²) < 4.78 is 12.5. The van der Waals surface area contributed by atoms with Crippen LogP contribution in [0.1, 0.15) is 49.2 Å². The van der Waals surface area contributed by atoms with E-state index in [4.69, 9.17) is 9.26 Å². The predicted molar refractivity (Wildman–Crippen MR) is 97.4 cm³/mol. The zero-order valence-electron chi connectivity index (χ0n) is 16.4. The lowest BCUT2D eigenvalue weighted by molar-refractivity contribution is 0.0895. The number of likely N-dealkylation sites (tertiary alicyclic amines) is 1. The maximum atomic E-state index is 5.38. The first-order valence-electron chi connectivity index (χ1n) is 9.20. The molecule has 3 rings (SSSR count). The Kier molecular flexibility index (Phi) is 6.05. The molecular formula is C18H30N6O2. The fraction of sp³-hybridized carbons (Fsp3) is 0.722. The summed E-state index contributed by atoms with van der Waals surface area (Å²) in [5.41, 5.74) is 1.29. The molecule has 0 N–H and O–H groups in total. The van der Waals surface area contributed by atoms with Crippen LogP contribution in [0.25, 0.3) is 0 Å². The van der Waals surface area contributed by atoms with Crippen LogP contribution in [0.3, 0.4) is 0 Å². The second kappa shape index (κ2) is 8.28. The summed E-state index contributed by atoms with van der Waals surface area (Å²) in [7, 11) is 7.94. The van der Waals surface area contributed by atoms with Gasteiger partial charge in [-0.25, -0.2) is 0 Å². The van der Waals surface area contributed by atoms with Gasteiger partial charge in [0.2, 0.25) is 5.89 Å². The van der Waals surface area contributed by atoms with Crippen molar-refractivity contribution in [2.75, 3.05) is 34.3 Å². The molecule has 0 saturated carbocycles. The molecule has 3 heterocycles. The molecule has 0 aromatic carbocycles. The van der Waals surface area contributed by atoms with Gasteiger partial charge < -0.3 is 9.26 Å². The van der Waals surface area contributed by atoms with Crippen molar-refractivity contribution in [1.29, 1.82) is 0 Å². The minimum Gasteiger partial charge on any atom is -0.374 e. The lowest BCUT2D eigenvalue weighted by Gasteiger charge is -2.40. The van der Waals surface area contributed by atoms with Gasteiger partial charge in [-0.05, 0) is 46.3 Å². The van der Waals surface area contributed by atoms with E-state index in [1.54, 1.807) is 7.11 Å². The number of aromatic nitrogens is 4. The number of piperidine rings is 1. The third kappa shape index (κ3) is 4.31. The third-order valence-electron chi connectivity index (χ3n) is 5.23. The summed E-state index contributed by atoms with van der Waals surface area (Å²) in [6.07, 6.45) is 6.41. The van der Waals surface area contributed by atoms with Crippen LogP contribution in [0.2, 0.25) is 0 Å². The van der Waals surface area contributed by atoms with E-state index in [2.05, 4.69) is 45.3 Å². The molecular weight excluding hydrogens is 332 g/mol. The Hall–Kier alpha value is -1.77. The predicted octanol–water partition coefficient (Wildman–Crippen LogP) is 2.03. The summed E-state index contributed by atoms with van der Waals surface area (Å²) in [5.74, 6) is 1.78. The Bertz CT molecular complexity index is 699. The molecule has 26 heavy (non-hydrogen) atoms. The first-order chi connectivity index (χ1) is 12.5. The van der Waals surface area contributed by atoms with Crippen LogP contribution in [-0.2, 0) is 18.3 Å². The molecule has 1 saturated heterocycles. The number of hydrogen-bond donors (Lipinski definition) is 0. The molecule has 2 aromatic heterocycles. The molecule has 8 heteroatoms. The van der Waals surface area contributed by atoms with E-state index in [0.29, 0.717) is 30.2 Å². The lowest BCUT2D eigenvalue weighted by Crippen LogP contribution is -2.40. The van der Waals surface area contributed by atoms with Gasteiger partial charge >= 0.3 is 0 Å². The van der Waals surface area contributed by atoms with Gasteiger partial charge in [-0.1, -0.05) is 5.16 Å². The van der Waals surface area contributed by atoms with Crippen molar-refractivity contribution in [2.24, 2.45) is 13.0 Å². The van der Waals surface area contributed by atoms with E-state index < -0.39 is 0 Å². The number of ether oxygens (including phenoxy) is 1. The lowest BCUT2D eigenvalue weighted by atomic mass is 9.86. The van der Waals surface area contributed by atoms with Crippen molar-refractivity contribution in [1.82, 2.24) is 29.7 Å². The van der Waals surface area contributed by atoms with Gasteiger partial charge in [-0.15, -0.1) is 0 Å². The summed E-state index contributed by atoms with van der Waals surface area (Å²) in [6, 6.07) is 0.395. The van der Waals surface area contributed by atoms with E-state index >= 15 is 0 Å². The van der Waals surface area contributed by atoms with Crippen LogP contribution in [0.4, 0.5) is 0 Å². The second-order valence-corrected chi connectivity index (χ2v) is 7.40. The van der Waals surface area contributed by atoms with Crippen molar-refractivity contribution >= 4 is 0 Å². The van der Waals surface area contributed by atoms with Gasteiger partial charge in [-0.2, -0.15) is 10.1 Å². The zero-order chi connectivity index (χ0) is 18.7. The molecule has 1 aliphatic rings. The van der Waals surface area contributed by atoms with Crippen LogP contribution >= 0.6 is 0 Å². The molecule has 0 spiro atoms. The van der Waals surface area contributed by atoms with E-state index in [0.717, 1.165) is 13.1 Å². The molecule has 1 aliphatic heterocycles. The second-order valence-electron chi connectivity index (χ2n) is 7.40. The highest BCUT2D eigenvalue weighted by molar-refractivity contribution is 5.13. The van der Waals surface area contributed by atoms with Gasteiger partial charge in [0.1, 0.15) is 6.10 Å². The standard InChI is InChI=1S/C18H30N6O2/c1-13(25-5)18-20-16(26-21-18)12-22(2)10-14-7-6-8-23(3)17(14)15-9-19-24(4)11-15/h9,11,13-14,17H,6-8,10,12H2,1-5H3/t13-,14-,17+/m0/s1. The van der Waals surface area contributed by atoms with Crippen LogP contribution < -0.4 is 0 Å². The Morgan fingerprint density at radius 1 is 1.42 bits per heavy atom. The highest BCUT2D eigenvalue weighted by Crippen LogP contribution is 2.35. The third-order valence-corrected chi connectivity index (χ3v) is 5.23. The normalized spacial score (nSPS) is 22.8. The summed E-state index contributed by atoms with van der Waals surface area (Å²) in [6.45, 7) is 4.65. The Morgan fingerprint density at radius 3 is 2.92 bits per heavy atom. The minimum atomic E-state index is -0.153. The number of methoxy groups -OCH3 is 1. The summed E-state index contributed by atoms with van der Waals surface area (Å²) in [4.78, 5) is 9.16. The van der Waals surface area contributed by atoms with E-state index in [1.165, 1.54) is 18.4 Å². The van der Waals surface area contributed by atoms with Crippen molar-refractivity contribution in [2.45, 2.75) is 38.5 Å². The van der Waals surface area contributed by atoms with Gasteiger partial charge in [-0.3, -0.25) is 14.5 Å². The van der Waals surface area contributed by atoms with Crippen LogP contribution in [0.5, 0.6) is 0 Å². The average molecular weight is 362 g/mol. The maximum absolute atomic E-state index is 5.38. The largest absolute Gasteiger partial charge is 0.374 e. The first-order valence-corrected chi connectivity index (χ1v) is 9.20.